The molecule has 5 atom stereocenters. The Morgan fingerprint density at radius 1 is 1.20 bits per heavy atom. The Kier molecular flexibility index (Phi) is 8.37. The fourth-order valence-electron chi connectivity index (χ4n) is 7.16. The second-order valence-corrected chi connectivity index (χ2v) is 14.9. The fourth-order valence-corrected chi connectivity index (χ4v) is 7.71. The van der Waals surface area contributed by atoms with Gasteiger partial charge in [-0.05, 0) is 103 Å². The van der Waals surface area contributed by atoms with Crippen LogP contribution in [0.5, 0.6) is 0 Å². The summed E-state index contributed by atoms with van der Waals surface area (Å²) >= 11 is 0. The van der Waals surface area contributed by atoms with E-state index in [2.05, 4.69) is 59.3 Å². The number of nitrogens with one attached hydrogen (secondary N) is 2. The molecule has 6 rings (SSSR count). The minimum atomic E-state index is -3.72. The molecule has 4 aliphatic rings. The standard InChI is InChI=1S/C35H40FN5O3S/c1-5-22(32-35(3)19-29(35)28(14-16-38-32)24-7-6-15-37-20-24)17-25-18-27(13-8-21(25)2)39-33(42)31-30(23-9-11-26(36)12-10-23)40-34(41-31)45(4,43)44/h7-14,16,20,22,25,29,32H,5-6,15,17-19H2,1-4H3,(H,39,42)(H,40,41). The van der Waals surface area contributed by atoms with Gasteiger partial charge in [-0.15, -0.1) is 0 Å². The molecule has 1 amide bonds. The molecule has 3 heterocycles. The van der Waals surface area contributed by atoms with Crippen LogP contribution in [-0.2, 0) is 9.84 Å². The van der Waals surface area contributed by atoms with E-state index in [1.54, 1.807) is 0 Å². The van der Waals surface area contributed by atoms with Gasteiger partial charge in [0.25, 0.3) is 5.91 Å². The highest BCUT2D eigenvalue weighted by molar-refractivity contribution is 7.90. The summed E-state index contributed by atoms with van der Waals surface area (Å²) in [5, 5.41) is 2.69. The minimum Gasteiger partial charge on any atom is -0.324 e. The van der Waals surface area contributed by atoms with E-state index in [-0.39, 0.29) is 33.9 Å². The second kappa shape index (κ2) is 12.1. The van der Waals surface area contributed by atoms with E-state index in [1.165, 1.54) is 41.0 Å². The molecule has 45 heavy (non-hydrogen) atoms. The van der Waals surface area contributed by atoms with Gasteiger partial charge in [-0.1, -0.05) is 38.0 Å². The number of hydrogen-bond donors (Lipinski definition) is 2. The number of nitrogens with zero attached hydrogens (tertiary/aromatic N) is 3. The zero-order chi connectivity index (χ0) is 31.9. The summed E-state index contributed by atoms with van der Waals surface area (Å²) in [6.45, 7) is 7.62. The van der Waals surface area contributed by atoms with Gasteiger partial charge in [0.15, 0.2) is 0 Å². The number of aliphatic imine (C=N–C) groups is 2. The number of halogens is 1. The van der Waals surface area contributed by atoms with Crippen molar-refractivity contribution in [1.82, 2.24) is 15.3 Å². The maximum atomic E-state index is 13.6. The van der Waals surface area contributed by atoms with E-state index < -0.39 is 21.6 Å². The molecule has 2 N–H and O–H groups in total. The van der Waals surface area contributed by atoms with E-state index in [1.807, 2.05) is 18.5 Å². The highest BCUT2D eigenvalue weighted by Crippen LogP contribution is 2.63. The maximum absolute atomic E-state index is 13.6. The number of carbonyl (C=O) groups is 1. The molecule has 1 aromatic heterocycles. The van der Waals surface area contributed by atoms with Gasteiger partial charge in [-0.3, -0.25) is 14.8 Å². The second-order valence-electron chi connectivity index (χ2n) is 13.0. The Morgan fingerprint density at radius 2 is 1.98 bits per heavy atom. The Balaban J connectivity index is 1.17. The monoisotopic (exact) mass is 629 g/mol. The number of fused-ring (bicyclic) bond motifs is 1. The van der Waals surface area contributed by atoms with Crippen LogP contribution < -0.4 is 5.32 Å². The third-order valence-corrected chi connectivity index (χ3v) is 10.8. The van der Waals surface area contributed by atoms with Crippen LogP contribution in [0.15, 0.2) is 86.1 Å². The van der Waals surface area contributed by atoms with Crippen LogP contribution in [0.4, 0.5) is 4.39 Å². The van der Waals surface area contributed by atoms with Gasteiger partial charge in [-0.2, -0.15) is 0 Å². The molecule has 10 heteroatoms. The lowest BCUT2D eigenvalue weighted by atomic mass is 9.75. The van der Waals surface area contributed by atoms with Crippen LogP contribution in [0.2, 0.25) is 0 Å². The van der Waals surface area contributed by atoms with Gasteiger partial charge in [0.2, 0.25) is 15.0 Å². The summed E-state index contributed by atoms with van der Waals surface area (Å²) in [6.07, 6.45) is 18.2. The number of amides is 1. The first-order valence-corrected chi connectivity index (χ1v) is 17.6. The zero-order valence-electron chi connectivity index (χ0n) is 26.2. The number of sulfone groups is 1. The molecule has 1 fully saturated rings. The lowest BCUT2D eigenvalue weighted by Crippen LogP contribution is -2.32. The molecule has 0 saturated heterocycles. The zero-order valence-corrected chi connectivity index (χ0v) is 27.0. The van der Waals surface area contributed by atoms with Crippen molar-refractivity contribution in [2.75, 3.05) is 12.8 Å². The molecule has 2 aliphatic carbocycles. The first-order chi connectivity index (χ1) is 21.5. The molecule has 1 saturated carbocycles. The number of rotatable bonds is 9. The topological polar surface area (TPSA) is 117 Å². The van der Waals surface area contributed by atoms with E-state index in [9.17, 15) is 17.6 Å². The van der Waals surface area contributed by atoms with Crippen LogP contribution in [0, 0.1) is 29.0 Å². The normalized spacial score (nSPS) is 26.6. The van der Waals surface area contributed by atoms with Gasteiger partial charge < -0.3 is 10.3 Å². The van der Waals surface area contributed by atoms with Crippen molar-refractivity contribution in [3.63, 3.8) is 0 Å². The molecule has 2 aliphatic heterocycles. The largest absolute Gasteiger partial charge is 0.324 e. The Bertz CT molecular complexity index is 1800. The summed E-state index contributed by atoms with van der Waals surface area (Å²) in [4.78, 5) is 30.1. The first kappa shape index (κ1) is 31.1. The molecule has 0 radical (unpaired) electrons. The van der Waals surface area contributed by atoms with Gasteiger partial charge in [-0.25, -0.2) is 17.8 Å². The molecule has 2 aromatic rings. The van der Waals surface area contributed by atoms with Crippen LogP contribution in [0.25, 0.3) is 11.3 Å². The number of hydrogen-bond acceptors (Lipinski definition) is 6. The van der Waals surface area contributed by atoms with E-state index in [0.29, 0.717) is 23.8 Å². The van der Waals surface area contributed by atoms with Crippen molar-refractivity contribution >= 4 is 28.2 Å². The Hall–Kier alpha value is -3.92. The highest BCUT2D eigenvalue weighted by atomic mass is 32.2. The molecule has 0 spiro atoms. The first-order valence-electron chi connectivity index (χ1n) is 15.7. The van der Waals surface area contributed by atoms with Crippen molar-refractivity contribution < 1.29 is 17.6 Å². The number of benzene rings is 1. The van der Waals surface area contributed by atoms with Crippen molar-refractivity contribution in [2.24, 2.45) is 33.2 Å². The average molecular weight is 630 g/mol. The Morgan fingerprint density at radius 3 is 2.67 bits per heavy atom. The third kappa shape index (κ3) is 6.30. The summed E-state index contributed by atoms with van der Waals surface area (Å²) in [7, 11) is -3.72. The van der Waals surface area contributed by atoms with Crippen molar-refractivity contribution in [1.29, 1.82) is 0 Å². The van der Waals surface area contributed by atoms with E-state index in [4.69, 9.17) is 4.99 Å². The van der Waals surface area contributed by atoms with Crippen molar-refractivity contribution in [2.45, 2.75) is 64.1 Å². The average Bonchev–Trinajstić information content (AvgIpc) is 3.51. The molecule has 8 nitrogen and oxygen atoms in total. The quantitative estimate of drug-likeness (QED) is 0.333. The SMILES string of the molecule is CCC(CC1CC(NC(=O)c2[nH]c(S(C)(=O)=O)nc2-c2ccc(F)cc2)=CC=C1C)C1N=CC=C(C2=CCCN=C2)C2CC21C. The number of carbonyl (C=O) groups excluding carboxylic acids is 1. The van der Waals surface area contributed by atoms with Gasteiger partial charge in [0.1, 0.15) is 17.2 Å². The number of aromatic nitrogens is 2. The van der Waals surface area contributed by atoms with Gasteiger partial charge >= 0.3 is 0 Å². The lowest BCUT2D eigenvalue weighted by Gasteiger charge is -2.33. The summed E-state index contributed by atoms with van der Waals surface area (Å²) in [6, 6.07) is 5.65. The minimum absolute atomic E-state index is 0.0131. The summed E-state index contributed by atoms with van der Waals surface area (Å²) in [5.74, 6) is 0.135. The third-order valence-electron chi connectivity index (χ3n) is 9.89. The van der Waals surface area contributed by atoms with Gasteiger partial charge in [0, 0.05) is 36.5 Å². The van der Waals surface area contributed by atoms with Gasteiger partial charge in [0.05, 0.1) is 6.04 Å². The highest BCUT2D eigenvalue weighted by Gasteiger charge is 2.59. The number of dihydropyridines is 1. The van der Waals surface area contributed by atoms with Crippen LogP contribution in [-0.4, -0.2) is 55.6 Å². The Labute approximate surface area is 264 Å². The molecule has 0 bridgehead atoms. The van der Waals surface area contributed by atoms with E-state index in [0.717, 1.165) is 44.2 Å². The molecular weight excluding hydrogens is 589 g/mol. The smallest absolute Gasteiger partial charge is 0.274 e. The predicted octanol–water partition coefficient (Wildman–Crippen LogP) is 6.42. The van der Waals surface area contributed by atoms with Crippen LogP contribution >= 0.6 is 0 Å². The van der Waals surface area contributed by atoms with Crippen LogP contribution in [0.3, 0.4) is 0 Å². The number of aromatic amines is 1. The lowest BCUT2D eigenvalue weighted by molar-refractivity contribution is 0.0959. The molecule has 1 aromatic carbocycles. The number of imidazole rings is 1. The molecule has 236 valence electrons. The predicted molar refractivity (Wildman–Crippen MR) is 176 cm³/mol. The number of allylic oxidation sites excluding steroid dienone is 7. The molecular formula is C35H40FN5O3S. The van der Waals surface area contributed by atoms with Crippen molar-refractivity contribution in [3.8, 4) is 11.3 Å². The number of H-pyrrole nitrogens is 1. The molecule has 5 unspecified atom stereocenters. The fraction of sp³-hybridized carbons (Fsp3) is 0.429. The maximum Gasteiger partial charge on any atom is 0.274 e. The summed E-state index contributed by atoms with van der Waals surface area (Å²) in [5.41, 5.74) is 5.33. The van der Waals surface area contributed by atoms with E-state index >= 15 is 0 Å². The summed E-state index contributed by atoms with van der Waals surface area (Å²) < 4.78 is 38.2. The van der Waals surface area contributed by atoms with Crippen LogP contribution in [0.1, 0.15) is 63.4 Å². The van der Waals surface area contributed by atoms with Crippen molar-refractivity contribution in [3.05, 3.63) is 82.5 Å².